The molecule has 0 bridgehead atoms. The van der Waals surface area contributed by atoms with Gasteiger partial charge in [0.1, 0.15) is 5.82 Å². The van der Waals surface area contributed by atoms with Gasteiger partial charge < -0.3 is 10.4 Å². The highest BCUT2D eigenvalue weighted by atomic mass is 35.5. The van der Waals surface area contributed by atoms with Gasteiger partial charge in [0.05, 0.1) is 10.6 Å². The Balaban J connectivity index is 2.12. The molecule has 0 aliphatic rings. The van der Waals surface area contributed by atoms with Gasteiger partial charge in [-0.1, -0.05) is 23.7 Å². The molecular weight excluding hydrogens is 281 g/mol. The number of halogens is 2. The lowest BCUT2D eigenvalue weighted by Gasteiger charge is -2.09. The molecule has 0 saturated heterocycles. The van der Waals surface area contributed by atoms with E-state index in [9.17, 15) is 9.18 Å². The lowest BCUT2D eigenvalue weighted by molar-refractivity contribution is 0.0697. The van der Waals surface area contributed by atoms with E-state index >= 15 is 0 Å². The maximum atomic E-state index is 13.1. The quantitative estimate of drug-likeness (QED) is 0.892. The number of hydrogen-bond donors (Lipinski definition) is 2. The Labute approximate surface area is 121 Å². The molecule has 2 N–H and O–H groups in total. The highest BCUT2D eigenvalue weighted by Gasteiger charge is 2.09. The van der Waals surface area contributed by atoms with E-state index in [2.05, 4.69) is 5.32 Å². The fourth-order valence-electron chi connectivity index (χ4n) is 1.82. The fraction of sp³-hybridized carbons (Fsp3) is 0.133. The smallest absolute Gasteiger partial charge is 0.337 e. The lowest BCUT2D eigenvalue weighted by Crippen LogP contribution is -2.03. The Hall–Kier alpha value is -2.07. The molecule has 0 spiro atoms. The molecule has 0 aliphatic carbocycles. The van der Waals surface area contributed by atoms with Crippen molar-refractivity contribution in [2.45, 2.75) is 13.5 Å². The van der Waals surface area contributed by atoms with Crippen molar-refractivity contribution in [3.8, 4) is 0 Å². The van der Waals surface area contributed by atoms with Crippen LogP contribution in [0.1, 0.15) is 21.5 Å². The number of benzene rings is 2. The van der Waals surface area contributed by atoms with E-state index in [0.717, 1.165) is 5.56 Å². The van der Waals surface area contributed by atoms with Crippen molar-refractivity contribution in [3.63, 3.8) is 0 Å². The zero-order chi connectivity index (χ0) is 14.7. The second-order valence-electron chi connectivity index (χ2n) is 4.44. The normalized spacial score (nSPS) is 10.3. The number of anilines is 1. The monoisotopic (exact) mass is 293 g/mol. The second-order valence-corrected chi connectivity index (χ2v) is 4.84. The van der Waals surface area contributed by atoms with E-state index < -0.39 is 5.97 Å². The van der Waals surface area contributed by atoms with Gasteiger partial charge in [-0.15, -0.1) is 0 Å². The van der Waals surface area contributed by atoms with Gasteiger partial charge >= 0.3 is 5.97 Å². The van der Waals surface area contributed by atoms with Gasteiger partial charge in [-0.2, -0.15) is 0 Å². The van der Waals surface area contributed by atoms with Crippen LogP contribution in [0.2, 0.25) is 5.02 Å². The third-order valence-electron chi connectivity index (χ3n) is 2.92. The molecule has 0 fully saturated rings. The number of aryl methyl sites for hydroxylation is 1. The first kappa shape index (κ1) is 14.3. The Kier molecular flexibility index (Phi) is 4.25. The molecule has 0 aliphatic heterocycles. The molecule has 0 atom stereocenters. The highest BCUT2D eigenvalue weighted by molar-refractivity contribution is 6.33. The molecule has 104 valence electrons. The van der Waals surface area contributed by atoms with Crippen LogP contribution >= 0.6 is 11.6 Å². The van der Waals surface area contributed by atoms with E-state index in [1.54, 1.807) is 25.1 Å². The van der Waals surface area contributed by atoms with Gasteiger partial charge in [-0.3, -0.25) is 0 Å². The summed E-state index contributed by atoms with van der Waals surface area (Å²) in [6, 6.07) is 9.55. The lowest BCUT2D eigenvalue weighted by atomic mass is 10.1. The molecule has 5 heteroatoms. The molecule has 0 unspecified atom stereocenters. The number of rotatable bonds is 4. The van der Waals surface area contributed by atoms with Crippen molar-refractivity contribution in [2.24, 2.45) is 0 Å². The average molecular weight is 294 g/mol. The van der Waals surface area contributed by atoms with Crippen molar-refractivity contribution in [2.75, 3.05) is 5.32 Å². The number of carbonyl (C=O) groups is 1. The van der Waals surface area contributed by atoms with Crippen molar-refractivity contribution >= 4 is 23.3 Å². The second kappa shape index (κ2) is 5.92. The molecule has 0 aromatic heterocycles. The highest BCUT2D eigenvalue weighted by Crippen LogP contribution is 2.21. The van der Waals surface area contributed by atoms with Crippen LogP contribution in [0.15, 0.2) is 36.4 Å². The zero-order valence-electron chi connectivity index (χ0n) is 10.8. The van der Waals surface area contributed by atoms with Crippen LogP contribution in [-0.2, 0) is 6.54 Å². The molecule has 2 aromatic rings. The minimum Gasteiger partial charge on any atom is -0.478 e. The van der Waals surface area contributed by atoms with Crippen molar-refractivity contribution in [3.05, 3.63) is 63.9 Å². The predicted octanol–water partition coefficient (Wildman–Crippen LogP) is 4.10. The van der Waals surface area contributed by atoms with E-state index in [1.165, 1.54) is 18.2 Å². The van der Waals surface area contributed by atoms with Gasteiger partial charge in [-0.25, -0.2) is 9.18 Å². The largest absolute Gasteiger partial charge is 0.478 e. The van der Waals surface area contributed by atoms with Crippen molar-refractivity contribution < 1.29 is 14.3 Å². The van der Waals surface area contributed by atoms with Gasteiger partial charge in [-0.05, 0) is 42.3 Å². The third kappa shape index (κ3) is 3.27. The Bertz CT molecular complexity index is 658. The molecule has 3 nitrogen and oxygen atoms in total. The van der Waals surface area contributed by atoms with E-state index in [1.807, 2.05) is 0 Å². The first-order chi connectivity index (χ1) is 9.47. The summed E-state index contributed by atoms with van der Waals surface area (Å²) in [7, 11) is 0. The molecule has 0 radical (unpaired) electrons. The van der Waals surface area contributed by atoms with Crippen molar-refractivity contribution in [1.82, 2.24) is 0 Å². The van der Waals surface area contributed by atoms with Crippen LogP contribution in [0.5, 0.6) is 0 Å². The predicted molar refractivity (Wildman–Crippen MR) is 76.9 cm³/mol. The van der Waals surface area contributed by atoms with Crippen LogP contribution in [0.25, 0.3) is 0 Å². The summed E-state index contributed by atoms with van der Waals surface area (Å²) in [6.07, 6.45) is 0. The van der Waals surface area contributed by atoms with Crippen LogP contribution in [0.4, 0.5) is 10.1 Å². The number of carboxylic acid groups (broad SMARTS) is 1. The topological polar surface area (TPSA) is 49.3 Å². The number of aromatic carboxylic acids is 1. The molecule has 0 saturated carbocycles. The van der Waals surface area contributed by atoms with Crippen LogP contribution in [-0.4, -0.2) is 11.1 Å². The number of hydrogen-bond acceptors (Lipinski definition) is 2. The summed E-state index contributed by atoms with van der Waals surface area (Å²) in [5, 5.41) is 12.3. The summed E-state index contributed by atoms with van der Waals surface area (Å²) in [5.41, 5.74) is 2.18. The SMILES string of the molecule is Cc1cc(CNc2ccc(Cl)c(C(=O)O)c2)ccc1F. The minimum atomic E-state index is -1.07. The van der Waals surface area contributed by atoms with E-state index in [-0.39, 0.29) is 16.4 Å². The molecule has 2 rings (SSSR count). The Morgan fingerprint density at radius 3 is 2.70 bits per heavy atom. The number of nitrogens with one attached hydrogen (secondary N) is 1. The van der Waals surface area contributed by atoms with Crippen LogP contribution in [0, 0.1) is 12.7 Å². The van der Waals surface area contributed by atoms with Crippen molar-refractivity contribution in [1.29, 1.82) is 0 Å². The standard InChI is InChI=1S/C15H13ClFNO2/c1-9-6-10(2-5-14(9)17)8-18-11-3-4-13(16)12(7-11)15(19)20/h2-7,18H,8H2,1H3,(H,19,20). The summed E-state index contributed by atoms with van der Waals surface area (Å²) >= 11 is 5.80. The molecular formula is C15H13ClFNO2. The molecule has 20 heavy (non-hydrogen) atoms. The van der Waals surface area contributed by atoms with E-state index in [4.69, 9.17) is 16.7 Å². The van der Waals surface area contributed by atoms with Crippen LogP contribution < -0.4 is 5.32 Å². The molecule has 0 amide bonds. The van der Waals surface area contributed by atoms with Gasteiger partial charge in [0.25, 0.3) is 0 Å². The molecule has 0 heterocycles. The van der Waals surface area contributed by atoms with E-state index in [0.29, 0.717) is 17.8 Å². The minimum absolute atomic E-state index is 0.0481. The number of carboxylic acids is 1. The Morgan fingerprint density at radius 2 is 2.05 bits per heavy atom. The maximum Gasteiger partial charge on any atom is 0.337 e. The summed E-state index contributed by atoms with van der Waals surface area (Å²) < 4.78 is 13.1. The zero-order valence-corrected chi connectivity index (χ0v) is 11.5. The summed E-state index contributed by atoms with van der Waals surface area (Å²) in [6.45, 7) is 2.17. The first-order valence-electron chi connectivity index (χ1n) is 5.99. The Morgan fingerprint density at radius 1 is 1.30 bits per heavy atom. The van der Waals surface area contributed by atoms with Crippen LogP contribution in [0.3, 0.4) is 0 Å². The first-order valence-corrected chi connectivity index (χ1v) is 6.37. The average Bonchev–Trinajstić information content (AvgIpc) is 2.41. The molecule has 2 aromatic carbocycles. The fourth-order valence-corrected chi connectivity index (χ4v) is 2.02. The van der Waals surface area contributed by atoms with Gasteiger partial charge in [0.2, 0.25) is 0 Å². The van der Waals surface area contributed by atoms with Gasteiger partial charge in [0, 0.05) is 12.2 Å². The maximum absolute atomic E-state index is 13.1. The summed E-state index contributed by atoms with van der Waals surface area (Å²) in [4.78, 5) is 11.0. The summed E-state index contributed by atoms with van der Waals surface area (Å²) in [5.74, 6) is -1.32. The third-order valence-corrected chi connectivity index (χ3v) is 3.25. The van der Waals surface area contributed by atoms with Gasteiger partial charge in [0.15, 0.2) is 0 Å².